The Balaban J connectivity index is 2.10. The van der Waals surface area contributed by atoms with E-state index >= 15 is 0 Å². The summed E-state index contributed by atoms with van der Waals surface area (Å²) in [5.41, 5.74) is 6.80. The number of rotatable bonds is 6. The summed E-state index contributed by atoms with van der Waals surface area (Å²) in [6, 6.07) is 2.17. The molecule has 1 heterocycles. The molecule has 0 atom stereocenters. The van der Waals surface area contributed by atoms with E-state index in [0.717, 1.165) is 26.1 Å². The van der Waals surface area contributed by atoms with Gasteiger partial charge in [0.1, 0.15) is 0 Å². The topological polar surface area (TPSA) is 38.0 Å². The second kappa shape index (κ2) is 6.13. The molecule has 1 aromatic heterocycles. The van der Waals surface area contributed by atoms with Crippen LogP contribution in [0.5, 0.6) is 0 Å². The predicted molar refractivity (Wildman–Crippen MR) is 59.1 cm³/mol. The number of hydrogen-bond acceptors (Lipinski definition) is 3. The van der Waals surface area contributed by atoms with Gasteiger partial charge in [-0.2, -0.15) is 0 Å². The zero-order valence-electron chi connectivity index (χ0n) is 8.18. The third-order valence-corrected chi connectivity index (χ3v) is 3.08. The quantitative estimate of drug-likeness (QED) is 0.685. The van der Waals surface area contributed by atoms with Crippen LogP contribution in [-0.2, 0) is 6.54 Å². The lowest BCUT2D eigenvalue weighted by atomic mass is 10.3. The van der Waals surface area contributed by atoms with Crippen molar-refractivity contribution in [2.24, 2.45) is 5.73 Å². The van der Waals surface area contributed by atoms with Crippen molar-refractivity contribution in [3.63, 3.8) is 0 Å². The number of nitrogens with one attached hydrogen (secondary N) is 1. The molecule has 0 amide bonds. The van der Waals surface area contributed by atoms with Gasteiger partial charge in [-0.3, -0.25) is 0 Å². The van der Waals surface area contributed by atoms with Gasteiger partial charge >= 0.3 is 0 Å². The molecular formula is C10H18N2S. The summed E-state index contributed by atoms with van der Waals surface area (Å²) in [4.78, 5) is 1.45. The minimum absolute atomic E-state index is 0.805. The van der Waals surface area contributed by atoms with E-state index in [1.54, 1.807) is 0 Å². The number of nitrogens with two attached hydrogens (primary N) is 1. The molecule has 3 N–H and O–H groups in total. The summed E-state index contributed by atoms with van der Waals surface area (Å²) < 4.78 is 0. The molecule has 13 heavy (non-hydrogen) atoms. The summed E-state index contributed by atoms with van der Waals surface area (Å²) in [5, 5.41) is 5.56. The van der Waals surface area contributed by atoms with Crippen molar-refractivity contribution in [3.05, 3.63) is 21.9 Å². The van der Waals surface area contributed by atoms with Crippen molar-refractivity contribution >= 4 is 11.3 Å². The molecule has 0 bridgehead atoms. The zero-order chi connectivity index (χ0) is 9.52. The van der Waals surface area contributed by atoms with Crippen molar-refractivity contribution in [3.8, 4) is 0 Å². The number of aryl methyl sites for hydroxylation is 1. The van der Waals surface area contributed by atoms with Crippen LogP contribution in [0.15, 0.2) is 11.4 Å². The van der Waals surface area contributed by atoms with Crippen LogP contribution in [0.3, 0.4) is 0 Å². The lowest BCUT2D eigenvalue weighted by molar-refractivity contribution is 0.630. The normalized spacial score (nSPS) is 10.6. The van der Waals surface area contributed by atoms with Crippen LogP contribution in [0.1, 0.15) is 23.3 Å². The van der Waals surface area contributed by atoms with Gasteiger partial charge in [0.05, 0.1) is 0 Å². The highest BCUT2D eigenvalue weighted by molar-refractivity contribution is 7.10. The Bertz CT molecular complexity index is 233. The highest BCUT2D eigenvalue weighted by Crippen LogP contribution is 2.14. The summed E-state index contributed by atoms with van der Waals surface area (Å²) in [6.07, 6.45) is 2.30. The molecule has 0 spiro atoms. The van der Waals surface area contributed by atoms with Crippen molar-refractivity contribution in [2.75, 3.05) is 13.1 Å². The van der Waals surface area contributed by atoms with E-state index in [0.29, 0.717) is 0 Å². The maximum atomic E-state index is 5.40. The molecule has 0 unspecified atom stereocenters. The average Bonchev–Trinajstić information content (AvgIpc) is 2.52. The van der Waals surface area contributed by atoms with Gasteiger partial charge < -0.3 is 11.1 Å². The molecule has 1 aromatic rings. The Kier molecular flexibility index (Phi) is 5.05. The lowest BCUT2D eigenvalue weighted by Crippen LogP contribution is -2.15. The SMILES string of the molecule is Cc1ccsc1CNCCCCN. The van der Waals surface area contributed by atoms with E-state index in [1.807, 2.05) is 11.3 Å². The number of hydrogen-bond donors (Lipinski definition) is 2. The van der Waals surface area contributed by atoms with Gasteiger partial charge in [-0.15, -0.1) is 11.3 Å². The van der Waals surface area contributed by atoms with E-state index in [1.165, 1.54) is 16.9 Å². The van der Waals surface area contributed by atoms with E-state index in [9.17, 15) is 0 Å². The Labute approximate surface area is 84.2 Å². The van der Waals surface area contributed by atoms with Crippen LogP contribution in [0, 0.1) is 6.92 Å². The second-order valence-corrected chi connectivity index (χ2v) is 4.20. The average molecular weight is 198 g/mol. The van der Waals surface area contributed by atoms with E-state index in [-0.39, 0.29) is 0 Å². The van der Waals surface area contributed by atoms with Gasteiger partial charge in [0.25, 0.3) is 0 Å². The molecule has 3 heteroatoms. The maximum absolute atomic E-state index is 5.40. The van der Waals surface area contributed by atoms with Gasteiger partial charge in [-0.1, -0.05) is 0 Å². The van der Waals surface area contributed by atoms with Crippen LogP contribution in [-0.4, -0.2) is 13.1 Å². The standard InChI is InChI=1S/C10H18N2S/c1-9-4-7-13-10(9)8-12-6-3-2-5-11/h4,7,12H,2-3,5-6,8,11H2,1H3. The first-order valence-electron chi connectivity index (χ1n) is 4.78. The first kappa shape index (κ1) is 10.7. The summed E-state index contributed by atoms with van der Waals surface area (Å²) >= 11 is 1.83. The first-order valence-corrected chi connectivity index (χ1v) is 5.66. The molecule has 0 saturated heterocycles. The fourth-order valence-corrected chi connectivity index (χ4v) is 2.06. The summed E-state index contributed by atoms with van der Waals surface area (Å²) in [7, 11) is 0. The van der Waals surface area contributed by atoms with E-state index in [2.05, 4.69) is 23.7 Å². The van der Waals surface area contributed by atoms with Crippen molar-refractivity contribution in [1.82, 2.24) is 5.32 Å². The molecule has 0 aromatic carbocycles. The fourth-order valence-electron chi connectivity index (χ4n) is 1.18. The van der Waals surface area contributed by atoms with Crippen molar-refractivity contribution in [1.29, 1.82) is 0 Å². The number of unbranched alkanes of at least 4 members (excludes halogenated alkanes) is 1. The Morgan fingerprint density at radius 3 is 2.92 bits per heavy atom. The highest BCUT2D eigenvalue weighted by atomic mass is 32.1. The molecule has 2 nitrogen and oxygen atoms in total. The van der Waals surface area contributed by atoms with Crippen LogP contribution in [0.2, 0.25) is 0 Å². The largest absolute Gasteiger partial charge is 0.330 e. The van der Waals surface area contributed by atoms with Crippen molar-refractivity contribution in [2.45, 2.75) is 26.3 Å². The summed E-state index contributed by atoms with van der Waals surface area (Å²) in [5.74, 6) is 0. The fraction of sp³-hybridized carbons (Fsp3) is 0.600. The Hall–Kier alpha value is -0.380. The van der Waals surface area contributed by atoms with Crippen LogP contribution < -0.4 is 11.1 Å². The first-order chi connectivity index (χ1) is 6.34. The molecular weight excluding hydrogens is 180 g/mol. The minimum Gasteiger partial charge on any atom is -0.330 e. The van der Waals surface area contributed by atoms with E-state index < -0.39 is 0 Å². The minimum atomic E-state index is 0.805. The predicted octanol–water partition coefficient (Wildman–Crippen LogP) is 1.89. The van der Waals surface area contributed by atoms with Crippen LogP contribution in [0.25, 0.3) is 0 Å². The second-order valence-electron chi connectivity index (χ2n) is 3.20. The van der Waals surface area contributed by atoms with Gasteiger partial charge in [0, 0.05) is 11.4 Å². The van der Waals surface area contributed by atoms with Gasteiger partial charge in [0.2, 0.25) is 0 Å². The monoisotopic (exact) mass is 198 g/mol. The molecule has 1 rings (SSSR count). The molecule has 0 fully saturated rings. The molecule has 0 saturated carbocycles. The zero-order valence-corrected chi connectivity index (χ0v) is 8.99. The lowest BCUT2D eigenvalue weighted by Gasteiger charge is -2.02. The highest BCUT2D eigenvalue weighted by Gasteiger charge is 1.97. The van der Waals surface area contributed by atoms with Crippen molar-refractivity contribution < 1.29 is 0 Å². The maximum Gasteiger partial charge on any atom is 0.0302 e. The summed E-state index contributed by atoms with van der Waals surface area (Å²) in [6.45, 7) is 5.05. The molecule has 0 aliphatic carbocycles. The molecule has 74 valence electrons. The third-order valence-electron chi connectivity index (χ3n) is 2.06. The third kappa shape index (κ3) is 3.89. The Morgan fingerprint density at radius 1 is 1.46 bits per heavy atom. The number of thiophene rings is 1. The van der Waals surface area contributed by atoms with E-state index in [4.69, 9.17) is 5.73 Å². The smallest absolute Gasteiger partial charge is 0.0302 e. The van der Waals surface area contributed by atoms with Crippen LogP contribution in [0.4, 0.5) is 0 Å². The Morgan fingerprint density at radius 2 is 2.31 bits per heavy atom. The van der Waals surface area contributed by atoms with Crippen LogP contribution >= 0.6 is 11.3 Å². The van der Waals surface area contributed by atoms with Gasteiger partial charge in [-0.05, 0) is 49.9 Å². The molecule has 0 aliphatic heterocycles. The molecule has 0 aliphatic rings. The van der Waals surface area contributed by atoms with Gasteiger partial charge in [0.15, 0.2) is 0 Å². The molecule has 0 radical (unpaired) electrons. The van der Waals surface area contributed by atoms with Gasteiger partial charge in [-0.25, -0.2) is 0 Å².